The van der Waals surface area contributed by atoms with Crippen molar-refractivity contribution in [3.8, 4) is 0 Å². The standard InChI is InChI=1S/C16H22F3N3/c1-9-5-11(16(17,18)19)8-22(7-9)15-12-4-3-10(2)14(12)21-6-13(15)20/h6,9-11H,3-5,7-8,20H2,1-2H3/t9-,10?,11+/m0/s1. The SMILES string of the molecule is CC1CCc2c1ncc(N)c2N1C[C@@H](C)C[C@@H](C(F)(F)F)C1. The van der Waals surface area contributed by atoms with Gasteiger partial charge in [-0.3, -0.25) is 4.98 Å². The molecule has 1 fully saturated rings. The molecule has 2 N–H and O–H groups in total. The van der Waals surface area contributed by atoms with E-state index in [1.54, 1.807) is 6.20 Å². The number of alkyl halides is 3. The van der Waals surface area contributed by atoms with E-state index in [9.17, 15) is 13.2 Å². The highest BCUT2D eigenvalue weighted by molar-refractivity contribution is 5.73. The number of anilines is 2. The second-order valence-electron chi connectivity index (χ2n) is 6.85. The Morgan fingerprint density at radius 1 is 1.27 bits per heavy atom. The van der Waals surface area contributed by atoms with Crippen LogP contribution in [0.3, 0.4) is 0 Å². The normalized spacial score (nSPS) is 28.8. The minimum atomic E-state index is -4.15. The maximum Gasteiger partial charge on any atom is 0.393 e. The van der Waals surface area contributed by atoms with Gasteiger partial charge in [-0.2, -0.15) is 13.2 Å². The number of aromatic nitrogens is 1. The van der Waals surface area contributed by atoms with Crippen molar-refractivity contribution in [2.75, 3.05) is 23.7 Å². The molecule has 1 aliphatic heterocycles. The molecule has 6 heteroatoms. The van der Waals surface area contributed by atoms with Crippen molar-refractivity contribution in [3.05, 3.63) is 17.5 Å². The number of fused-ring (bicyclic) bond motifs is 1. The number of nitrogens with zero attached hydrogens (tertiary/aromatic N) is 2. The van der Waals surface area contributed by atoms with Crippen LogP contribution >= 0.6 is 0 Å². The van der Waals surface area contributed by atoms with Gasteiger partial charge in [0.1, 0.15) is 0 Å². The summed E-state index contributed by atoms with van der Waals surface area (Å²) in [5.74, 6) is -0.921. The summed E-state index contributed by atoms with van der Waals surface area (Å²) in [4.78, 5) is 6.26. The van der Waals surface area contributed by atoms with Crippen molar-refractivity contribution in [2.24, 2.45) is 11.8 Å². The molecule has 2 aliphatic rings. The van der Waals surface area contributed by atoms with E-state index in [-0.39, 0.29) is 18.9 Å². The molecule has 1 aromatic rings. The number of halogens is 3. The number of nitrogens with two attached hydrogens (primary N) is 1. The first kappa shape index (κ1) is 15.4. The van der Waals surface area contributed by atoms with E-state index >= 15 is 0 Å². The van der Waals surface area contributed by atoms with Crippen LogP contribution in [0.4, 0.5) is 24.5 Å². The van der Waals surface area contributed by atoms with E-state index in [2.05, 4.69) is 11.9 Å². The van der Waals surface area contributed by atoms with Gasteiger partial charge in [0, 0.05) is 18.8 Å². The van der Waals surface area contributed by atoms with E-state index in [4.69, 9.17) is 5.73 Å². The van der Waals surface area contributed by atoms with Gasteiger partial charge in [0.05, 0.1) is 23.5 Å². The molecule has 0 aromatic carbocycles. The molecule has 2 heterocycles. The summed E-state index contributed by atoms with van der Waals surface area (Å²) < 4.78 is 39.5. The Morgan fingerprint density at radius 2 is 2.00 bits per heavy atom. The predicted octanol–water partition coefficient (Wildman–Crippen LogP) is 3.74. The highest BCUT2D eigenvalue weighted by Crippen LogP contribution is 2.43. The van der Waals surface area contributed by atoms with Gasteiger partial charge in [-0.1, -0.05) is 13.8 Å². The number of hydrogen-bond acceptors (Lipinski definition) is 3. The monoisotopic (exact) mass is 313 g/mol. The summed E-state index contributed by atoms with van der Waals surface area (Å²) in [6.07, 6.45) is -0.497. The summed E-state index contributed by atoms with van der Waals surface area (Å²) in [5.41, 5.74) is 9.45. The molecule has 0 spiro atoms. The van der Waals surface area contributed by atoms with Crippen LogP contribution in [0.5, 0.6) is 0 Å². The summed E-state index contributed by atoms with van der Waals surface area (Å²) in [6.45, 7) is 4.62. The third-order valence-corrected chi connectivity index (χ3v) is 4.94. The third-order valence-electron chi connectivity index (χ3n) is 4.94. The van der Waals surface area contributed by atoms with Crippen LogP contribution in [-0.2, 0) is 6.42 Å². The van der Waals surface area contributed by atoms with Crippen molar-refractivity contribution in [1.29, 1.82) is 0 Å². The summed E-state index contributed by atoms with van der Waals surface area (Å²) in [7, 11) is 0. The Hall–Kier alpha value is -1.46. The lowest BCUT2D eigenvalue weighted by atomic mass is 9.89. The highest BCUT2D eigenvalue weighted by Gasteiger charge is 2.44. The zero-order valence-corrected chi connectivity index (χ0v) is 13.0. The number of piperidine rings is 1. The third kappa shape index (κ3) is 2.63. The van der Waals surface area contributed by atoms with Crippen LogP contribution in [0, 0.1) is 11.8 Å². The van der Waals surface area contributed by atoms with Gasteiger partial charge in [0.15, 0.2) is 0 Å². The Morgan fingerprint density at radius 3 is 2.68 bits per heavy atom. The topological polar surface area (TPSA) is 42.1 Å². The number of pyridine rings is 1. The lowest BCUT2D eigenvalue weighted by molar-refractivity contribution is -0.178. The largest absolute Gasteiger partial charge is 0.396 e. The average molecular weight is 313 g/mol. The first-order valence-electron chi connectivity index (χ1n) is 7.86. The maximum atomic E-state index is 13.2. The minimum Gasteiger partial charge on any atom is -0.396 e. The van der Waals surface area contributed by atoms with Gasteiger partial charge in [0.25, 0.3) is 0 Å². The fraction of sp³-hybridized carbons (Fsp3) is 0.688. The molecule has 22 heavy (non-hydrogen) atoms. The van der Waals surface area contributed by atoms with Crippen LogP contribution < -0.4 is 10.6 Å². The number of nitrogen functional groups attached to an aromatic ring is 1. The van der Waals surface area contributed by atoms with Gasteiger partial charge in [-0.15, -0.1) is 0 Å². The molecule has 1 unspecified atom stereocenters. The van der Waals surface area contributed by atoms with Crippen LogP contribution in [0.25, 0.3) is 0 Å². The van der Waals surface area contributed by atoms with E-state index < -0.39 is 12.1 Å². The summed E-state index contributed by atoms with van der Waals surface area (Å²) in [5, 5.41) is 0. The average Bonchev–Trinajstić information content (AvgIpc) is 2.78. The second kappa shape index (κ2) is 5.32. The van der Waals surface area contributed by atoms with E-state index in [0.29, 0.717) is 18.2 Å². The Labute approximate surface area is 128 Å². The fourth-order valence-electron chi connectivity index (χ4n) is 3.89. The van der Waals surface area contributed by atoms with Gasteiger partial charge < -0.3 is 10.6 Å². The molecule has 122 valence electrons. The molecule has 1 saturated heterocycles. The Balaban J connectivity index is 1.97. The fourth-order valence-corrected chi connectivity index (χ4v) is 3.89. The van der Waals surface area contributed by atoms with Crippen molar-refractivity contribution in [3.63, 3.8) is 0 Å². The van der Waals surface area contributed by atoms with E-state index in [1.165, 1.54) is 0 Å². The summed E-state index contributed by atoms with van der Waals surface area (Å²) >= 11 is 0. The van der Waals surface area contributed by atoms with Gasteiger partial charge in [-0.05, 0) is 36.7 Å². The van der Waals surface area contributed by atoms with Crippen LogP contribution in [0.15, 0.2) is 6.20 Å². The molecule has 0 bridgehead atoms. The first-order valence-corrected chi connectivity index (χ1v) is 7.86. The zero-order valence-electron chi connectivity index (χ0n) is 13.0. The molecule has 1 aliphatic carbocycles. The smallest absolute Gasteiger partial charge is 0.393 e. The lowest BCUT2D eigenvalue weighted by Crippen LogP contribution is -2.45. The summed E-state index contributed by atoms with van der Waals surface area (Å²) in [6, 6.07) is 0. The second-order valence-corrected chi connectivity index (χ2v) is 6.85. The van der Waals surface area contributed by atoms with E-state index in [0.717, 1.165) is 29.8 Å². The highest BCUT2D eigenvalue weighted by atomic mass is 19.4. The Bertz CT molecular complexity index is 570. The molecule has 1 aromatic heterocycles. The van der Waals surface area contributed by atoms with Crippen molar-refractivity contribution < 1.29 is 13.2 Å². The van der Waals surface area contributed by atoms with Crippen LogP contribution in [0.1, 0.15) is 43.9 Å². The Kier molecular flexibility index (Phi) is 3.73. The lowest BCUT2D eigenvalue weighted by Gasteiger charge is -2.40. The van der Waals surface area contributed by atoms with Gasteiger partial charge >= 0.3 is 6.18 Å². The van der Waals surface area contributed by atoms with Crippen molar-refractivity contribution in [2.45, 2.75) is 45.2 Å². The number of rotatable bonds is 1. The molecular formula is C16H22F3N3. The molecule has 0 amide bonds. The first-order chi connectivity index (χ1) is 10.3. The van der Waals surface area contributed by atoms with Crippen molar-refractivity contribution >= 4 is 11.4 Å². The van der Waals surface area contributed by atoms with E-state index in [1.807, 2.05) is 11.8 Å². The predicted molar refractivity (Wildman–Crippen MR) is 80.9 cm³/mol. The molecule has 3 nitrogen and oxygen atoms in total. The quantitative estimate of drug-likeness (QED) is 0.859. The maximum absolute atomic E-state index is 13.2. The molecule has 3 atom stereocenters. The zero-order chi connectivity index (χ0) is 16.1. The van der Waals surface area contributed by atoms with Gasteiger partial charge in [0.2, 0.25) is 0 Å². The molecule has 0 saturated carbocycles. The molecular weight excluding hydrogens is 291 g/mol. The molecule has 0 radical (unpaired) electrons. The minimum absolute atomic E-state index is 0.00224. The van der Waals surface area contributed by atoms with Gasteiger partial charge in [-0.25, -0.2) is 0 Å². The van der Waals surface area contributed by atoms with Crippen molar-refractivity contribution in [1.82, 2.24) is 4.98 Å². The van der Waals surface area contributed by atoms with Crippen LogP contribution in [-0.4, -0.2) is 24.2 Å². The van der Waals surface area contributed by atoms with Crippen LogP contribution in [0.2, 0.25) is 0 Å². The molecule has 3 rings (SSSR count). The number of hydrogen-bond donors (Lipinski definition) is 1.